The second-order valence-corrected chi connectivity index (χ2v) is 6.91. The van der Waals surface area contributed by atoms with Crippen LogP contribution in [0.4, 0.5) is 0 Å². The molecule has 1 heterocycles. The van der Waals surface area contributed by atoms with Crippen LogP contribution in [0.25, 0.3) is 0 Å². The lowest BCUT2D eigenvalue weighted by atomic mass is 9.56. The first-order chi connectivity index (χ1) is 5.89. The molecule has 2 nitrogen and oxygen atoms in total. The maximum atomic E-state index is 11.5. The van der Waals surface area contributed by atoms with Crippen molar-refractivity contribution in [1.29, 1.82) is 0 Å². The molecule has 1 aliphatic carbocycles. The molecular formula is C9H13Br2NO. The van der Waals surface area contributed by atoms with Crippen LogP contribution in [-0.4, -0.2) is 21.1 Å². The molecule has 0 aromatic rings. The Balaban J connectivity index is 2.27. The van der Waals surface area contributed by atoms with Crippen LogP contribution in [0.2, 0.25) is 0 Å². The van der Waals surface area contributed by atoms with Crippen LogP contribution in [0.3, 0.4) is 0 Å². The predicted octanol–water partition coefficient (Wildman–Crippen LogP) is 2.20. The third-order valence-corrected chi connectivity index (χ3v) is 6.34. The second kappa shape index (κ2) is 2.72. The fraction of sp³-hybridized carbons (Fsp3) is 0.889. The molecule has 0 aromatic carbocycles. The summed E-state index contributed by atoms with van der Waals surface area (Å²) in [6.07, 6.45) is 1.93. The molecule has 1 saturated heterocycles. The number of nitrogens with one attached hydrogen (secondary N) is 1. The normalized spacial score (nSPS) is 54.9. The standard InChI is InChI=1S/C9H13Br2NO/c1-8-3-5(10)6(11)4-9(8,2)12-7(8)13/h5-6H,3-4H2,1-2H3,(H,12,13). The van der Waals surface area contributed by atoms with Crippen molar-refractivity contribution in [1.82, 2.24) is 5.32 Å². The molecule has 1 saturated carbocycles. The molecule has 1 N–H and O–H groups in total. The molecule has 4 heteroatoms. The number of hydrogen-bond donors (Lipinski definition) is 1. The first kappa shape index (κ1) is 9.97. The minimum atomic E-state index is -0.161. The van der Waals surface area contributed by atoms with Gasteiger partial charge in [-0.1, -0.05) is 31.9 Å². The van der Waals surface area contributed by atoms with Gasteiger partial charge in [0.2, 0.25) is 5.91 Å². The lowest BCUT2D eigenvalue weighted by Crippen LogP contribution is -2.77. The van der Waals surface area contributed by atoms with E-state index in [0.717, 1.165) is 12.8 Å². The quantitative estimate of drug-likeness (QED) is 0.539. The summed E-state index contributed by atoms with van der Waals surface area (Å²) in [7, 11) is 0. The van der Waals surface area contributed by atoms with Gasteiger partial charge in [0.05, 0.1) is 11.0 Å². The zero-order valence-corrected chi connectivity index (χ0v) is 10.9. The topological polar surface area (TPSA) is 29.1 Å². The smallest absolute Gasteiger partial charge is 0.228 e. The Hall–Kier alpha value is 0.430. The SMILES string of the molecule is CC12CC(Br)C(Br)CC1(C)C(=O)N2. The van der Waals surface area contributed by atoms with Crippen LogP contribution < -0.4 is 5.32 Å². The maximum Gasteiger partial charge on any atom is 0.228 e. The number of carbonyl (C=O) groups excluding carboxylic acids is 1. The molecule has 2 fully saturated rings. The summed E-state index contributed by atoms with van der Waals surface area (Å²) in [4.78, 5) is 12.4. The summed E-state index contributed by atoms with van der Waals surface area (Å²) in [5.74, 6) is 0.207. The Kier molecular flexibility index (Phi) is 2.09. The highest BCUT2D eigenvalue weighted by atomic mass is 79.9. The number of β-lactam (4-membered cyclic amide) rings is 1. The number of carbonyl (C=O) groups is 1. The minimum Gasteiger partial charge on any atom is -0.349 e. The maximum absolute atomic E-state index is 11.5. The van der Waals surface area contributed by atoms with Crippen LogP contribution in [0.1, 0.15) is 26.7 Å². The van der Waals surface area contributed by atoms with Gasteiger partial charge in [-0.25, -0.2) is 0 Å². The fourth-order valence-corrected chi connectivity index (χ4v) is 4.01. The van der Waals surface area contributed by atoms with Gasteiger partial charge in [-0.15, -0.1) is 0 Å². The van der Waals surface area contributed by atoms with Crippen molar-refractivity contribution >= 4 is 37.8 Å². The van der Waals surface area contributed by atoms with Crippen LogP contribution in [-0.2, 0) is 4.79 Å². The van der Waals surface area contributed by atoms with Gasteiger partial charge in [-0.2, -0.15) is 0 Å². The van der Waals surface area contributed by atoms with Gasteiger partial charge in [-0.3, -0.25) is 4.79 Å². The van der Waals surface area contributed by atoms with E-state index >= 15 is 0 Å². The van der Waals surface area contributed by atoms with Crippen LogP contribution in [0, 0.1) is 5.41 Å². The molecule has 0 aromatic heterocycles. The first-order valence-electron chi connectivity index (χ1n) is 4.50. The van der Waals surface area contributed by atoms with Gasteiger partial charge in [0.15, 0.2) is 0 Å². The van der Waals surface area contributed by atoms with E-state index in [9.17, 15) is 4.79 Å². The average molecular weight is 311 g/mol. The van der Waals surface area contributed by atoms with E-state index in [0.29, 0.717) is 9.65 Å². The van der Waals surface area contributed by atoms with Crippen molar-refractivity contribution in [3.63, 3.8) is 0 Å². The van der Waals surface area contributed by atoms with Crippen molar-refractivity contribution in [2.45, 2.75) is 41.9 Å². The summed E-state index contributed by atoms with van der Waals surface area (Å²) in [5, 5.41) is 3.02. The van der Waals surface area contributed by atoms with Gasteiger partial charge in [0, 0.05) is 9.65 Å². The molecule has 2 aliphatic rings. The summed E-state index contributed by atoms with van der Waals surface area (Å²) >= 11 is 7.25. The monoisotopic (exact) mass is 309 g/mol. The average Bonchev–Trinajstić information content (AvgIpc) is 2.01. The van der Waals surface area contributed by atoms with E-state index in [1.54, 1.807) is 0 Å². The van der Waals surface area contributed by atoms with E-state index in [1.807, 2.05) is 0 Å². The number of fused-ring (bicyclic) bond motifs is 1. The number of halogens is 2. The molecule has 2 rings (SSSR count). The Morgan fingerprint density at radius 1 is 1.31 bits per heavy atom. The number of amides is 1. The molecule has 74 valence electrons. The molecule has 1 aliphatic heterocycles. The zero-order chi connectivity index (χ0) is 9.85. The summed E-state index contributed by atoms with van der Waals surface area (Å²) in [6, 6.07) is 0. The van der Waals surface area contributed by atoms with Gasteiger partial charge in [0.1, 0.15) is 0 Å². The van der Waals surface area contributed by atoms with Crippen molar-refractivity contribution in [2.24, 2.45) is 5.41 Å². The van der Waals surface area contributed by atoms with Gasteiger partial charge < -0.3 is 5.32 Å². The van der Waals surface area contributed by atoms with Gasteiger partial charge >= 0.3 is 0 Å². The van der Waals surface area contributed by atoms with Crippen LogP contribution in [0.5, 0.6) is 0 Å². The third-order valence-electron chi connectivity index (χ3n) is 3.71. The lowest BCUT2D eigenvalue weighted by molar-refractivity contribution is -0.157. The van der Waals surface area contributed by atoms with Crippen LogP contribution in [0.15, 0.2) is 0 Å². The van der Waals surface area contributed by atoms with E-state index in [-0.39, 0.29) is 16.9 Å². The molecular weight excluding hydrogens is 298 g/mol. The van der Waals surface area contributed by atoms with Gasteiger partial charge in [0.25, 0.3) is 0 Å². The number of alkyl halides is 2. The van der Waals surface area contributed by atoms with E-state index in [4.69, 9.17) is 0 Å². The lowest BCUT2D eigenvalue weighted by Gasteiger charge is -2.60. The molecule has 4 atom stereocenters. The largest absolute Gasteiger partial charge is 0.349 e. The van der Waals surface area contributed by atoms with E-state index in [2.05, 4.69) is 51.0 Å². The Morgan fingerprint density at radius 2 is 1.85 bits per heavy atom. The molecule has 0 radical (unpaired) electrons. The Labute approximate surface area is 95.1 Å². The van der Waals surface area contributed by atoms with Crippen molar-refractivity contribution in [3.05, 3.63) is 0 Å². The summed E-state index contributed by atoms with van der Waals surface area (Å²) in [6.45, 7) is 4.21. The molecule has 13 heavy (non-hydrogen) atoms. The molecule has 0 spiro atoms. The Bertz CT molecular complexity index is 270. The number of rotatable bonds is 0. The first-order valence-corrected chi connectivity index (χ1v) is 6.33. The zero-order valence-electron chi connectivity index (χ0n) is 7.73. The van der Waals surface area contributed by atoms with Crippen molar-refractivity contribution < 1.29 is 4.79 Å². The Morgan fingerprint density at radius 3 is 2.38 bits per heavy atom. The second-order valence-electron chi connectivity index (χ2n) is 4.56. The highest BCUT2D eigenvalue weighted by Crippen LogP contribution is 2.53. The van der Waals surface area contributed by atoms with E-state index < -0.39 is 0 Å². The van der Waals surface area contributed by atoms with Crippen molar-refractivity contribution in [2.75, 3.05) is 0 Å². The van der Waals surface area contributed by atoms with Crippen molar-refractivity contribution in [3.8, 4) is 0 Å². The highest BCUT2D eigenvalue weighted by molar-refractivity contribution is 9.12. The summed E-state index contributed by atoms with van der Waals surface area (Å²) < 4.78 is 0. The third kappa shape index (κ3) is 1.14. The van der Waals surface area contributed by atoms with E-state index in [1.165, 1.54) is 0 Å². The molecule has 1 amide bonds. The fourth-order valence-electron chi connectivity index (χ4n) is 2.34. The predicted molar refractivity (Wildman–Crippen MR) is 59.3 cm³/mol. The molecule has 4 unspecified atom stereocenters. The van der Waals surface area contributed by atoms with Crippen LogP contribution >= 0.6 is 31.9 Å². The van der Waals surface area contributed by atoms with Gasteiger partial charge in [-0.05, 0) is 26.7 Å². The highest BCUT2D eigenvalue weighted by Gasteiger charge is 2.63. The minimum absolute atomic E-state index is 0.00250. The summed E-state index contributed by atoms with van der Waals surface area (Å²) in [5.41, 5.74) is -0.159. The molecule has 0 bridgehead atoms. The number of hydrogen-bond acceptors (Lipinski definition) is 1.